The molecule has 1 N–H and O–H groups in total. The fourth-order valence-electron chi connectivity index (χ4n) is 6.21. The SMILES string of the molecule is O=C(O)[C@H]1CN2CC[C@@H]1[C@H](OCc1cc(C(F)(F)F)cc(C(F)(F)F)c1)[C@H]2C(c1ccccc1)c1ccccc1. The second kappa shape index (κ2) is 10.9. The number of ether oxygens (including phenoxy) is 1. The Kier molecular flexibility index (Phi) is 7.67. The van der Waals surface area contributed by atoms with Gasteiger partial charge in [0.1, 0.15) is 0 Å². The van der Waals surface area contributed by atoms with Gasteiger partial charge in [0.15, 0.2) is 0 Å². The lowest BCUT2D eigenvalue weighted by atomic mass is 9.68. The smallest absolute Gasteiger partial charge is 0.416 e. The first kappa shape index (κ1) is 28.2. The number of hydrogen-bond donors (Lipinski definition) is 1. The van der Waals surface area contributed by atoms with Crippen molar-refractivity contribution in [2.45, 2.75) is 43.4 Å². The Morgan fingerprint density at radius 3 is 1.88 bits per heavy atom. The molecular weight excluding hydrogens is 536 g/mol. The number of carboxylic acid groups (broad SMARTS) is 1. The van der Waals surface area contributed by atoms with E-state index in [-0.39, 0.29) is 30.1 Å². The predicted octanol–water partition coefficient (Wildman–Crippen LogP) is 6.85. The van der Waals surface area contributed by atoms with E-state index in [1.54, 1.807) is 0 Å². The summed E-state index contributed by atoms with van der Waals surface area (Å²) in [5.41, 5.74) is -1.21. The highest BCUT2D eigenvalue weighted by atomic mass is 19.4. The van der Waals surface area contributed by atoms with Crippen molar-refractivity contribution in [1.29, 1.82) is 0 Å². The zero-order chi connectivity index (χ0) is 28.7. The van der Waals surface area contributed by atoms with Gasteiger partial charge in [0.05, 0.1) is 29.8 Å². The largest absolute Gasteiger partial charge is 0.481 e. The zero-order valence-electron chi connectivity index (χ0n) is 21.2. The summed E-state index contributed by atoms with van der Waals surface area (Å²) >= 11 is 0. The van der Waals surface area contributed by atoms with E-state index in [1.165, 1.54) is 0 Å². The number of hydrogen-bond acceptors (Lipinski definition) is 3. The van der Waals surface area contributed by atoms with Crippen molar-refractivity contribution in [3.8, 4) is 0 Å². The van der Waals surface area contributed by atoms with Gasteiger partial charge in [-0.1, -0.05) is 60.7 Å². The molecule has 0 amide bonds. The van der Waals surface area contributed by atoms with Crippen LogP contribution in [0.4, 0.5) is 26.3 Å². The lowest BCUT2D eigenvalue weighted by Crippen LogP contribution is -2.65. The average Bonchev–Trinajstić information content (AvgIpc) is 2.93. The molecule has 0 spiro atoms. The van der Waals surface area contributed by atoms with E-state index in [0.29, 0.717) is 25.1 Å². The normalized spacial score (nSPS) is 24.8. The van der Waals surface area contributed by atoms with Gasteiger partial charge in [-0.15, -0.1) is 0 Å². The van der Waals surface area contributed by atoms with Crippen molar-refractivity contribution >= 4 is 5.97 Å². The number of halogens is 6. The molecule has 10 heteroatoms. The molecule has 3 aliphatic rings. The summed E-state index contributed by atoms with van der Waals surface area (Å²) in [6.07, 6.45) is -10.2. The van der Waals surface area contributed by atoms with Gasteiger partial charge in [-0.2, -0.15) is 26.3 Å². The van der Waals surface area contributed by atoms with Crippen LogP contribution < -0.4 is 0 Å². The van der Waals surface area contributed by atoms with E-state index < -0.39 is 54.0 Å². The molecule has 3 fully saturated rings. The van der Waals surface area contributed by atoms with Crippen LogP contribution in [0, 0.1) is 11.8 Å². The van der Waals surface area contributed by atoms with Crippen molar-refractivity contribution in [1.82, 2.24) is 4.90 Å². The second-order valence-corrected chi connectivity index (χ2v) is 10.4. The number of carbonyl (C=O) groups is 1. The second-order valence-electron chi connectivity index (χ2n) is 10.4. The number of piperidine rings is 3. The van der Waals surface area contributed by atoms with Crippen LogP contribution in [-0.2, 0) is 28.5 Å². The molecule has 6 rings (SSSR count). The minimum absolute atomic E-state index is 0.0852. The Bertz CT molecular complexity index is 1260. The molecule has 3 aromatic carbocycles. The number of carboxylic acids is 1. The maximum absolute atomic E-state index is 13.5. The molecule has 5 atom stereocenters. The third-order valence-corrected chi connectivity index (χ3v) is 7.94. The highest BCUT2D eigenvalue weighted by Gasteiger charge is 2.53. The third-order valence-electron chi connectivity index (χ3n) is 7.94. The topological polar surface area (TPSA) is 49.8 Å². The van der Waals surface area contributed by atoms with Gasteiger partial charge < -0.3 is 9.84 Å². The molecule has 0 saturated carbocycles. The van der Waals surface area contributed by atoms with Crippen LogP contribution in [0.2, 0.25) is 0 Å². The summed E-state index contributed by atoms with van der Waals surface area (Å²) in [5.74, 6) is -2.50. The van der Waals surface area contributed by atoms with Crippen molar-refractivity contribution in [2.75, 3.05) is 13.1 Å². The molecule has 0 aliphatic carbocycles. The first-order chi connectivity index (χ1) is 18.9. The highest BCUT2D eigenvalue weighted by Crippen LogP contribution is 2.46. The summed E-state index contributed by atoms with van der Waals surface area (Å²) in [5, 5.41) is 9.94. The third kappa shape index (κ3) is 5.74. The van der Waals surface area contributed by atoms with Crippen LogP contribution in [0.5, 0.6) is 0 Å². The Hall–Kier alpha value is -3.37. The first-order valence-electron chi connectivity index (χ1n) is 12.9. The summed E-state index contributed by atoms with van der Waals surface area (Å²) in [6.45, 7) is 0.362. The van der Waals surface area contributed by atoms with Gasteiger partial charge in [0.25, 0.3) is 0 Å². The van der Waals surface area contributed by atoms with Crippen molar-refractivity contribution in [2.24, 2.45) is 11.8 Å². The van der Waals surface area contributed by atoms with Crippen molar-refractivity contribution in [3.05, 3.63) is 107 Å². The summed E-state index contributed by atoms with van der Waals surface area (Å²) < 4.78 is 87.0. The molecular formula is C30H27F6NO3. The molecule has 3 aromatic rings. The van der Waals surface area contributed by atoms with E-state index >= 15 is 0 Å². The van der Waals surface area contributed by atoms with Crippen molar-refractivity contribution in [3.63, 3.8) is 0 Å². The van der Waals surface area contributed by atoms with Crippen LogP contribution in [0.3, 0.4) is 0 Å². The molecule has 212 valence electrons. The molecule has 1 unspecified atom stereocenters. The Balaban J connectivity index is 1.55. The molecule has 0 radical (unpaired) electrons. The van der Waals surface area contributed by atoms with Gasteiger partial charge in [-0.05, 0) is 47.9 Å². The summed E-state index contributed by atoms with van der Waals surface area (Å²) in [4.78, 5) is 14.2. The van der Waals surface area contributed by atoms with Crippen LogP contribution in [0.1, 0.15) is 40.2 Å². The average molecular weight is 564 g/mol. The van der Waals surface area contributed by atoms with E-state index in [1.807, 2.05) is 65.6 Å². The van der Waals surface area contributed by atoms with Crippen LogP contribution in [-0.4, -0.2) is 41.2 Å². The van der Waals surface area contributed by atoms with Gasteiger partial charge in [-0.3, -0.25) is 9.69 Å². The standard InChI is InChI=1S/C30H27F6NO3/c31-29(32,33)21-13-18(14-22(15-21)30(34,35)36)17-40-27-23-11-12-37(16-24(23)28(38)39)26(27)25(19-7-3-1-4-8-19)20-9-5-2-6-10-20/h1-10,13-15,23-27H,11-12,16-17H2,(H,38,39)/t23-,24-,26+,27-/m0/s1. The minimum Gasteiger partial charge on any atom is -0.481 e. The Morgan fingerprint density at radius 2 is 1.40 bits per heavy atom. The van der Waals surface area contributed by atoms with Gasteiger partial charge in [0.2, 0.25) is 0 Å². The summed E-state index contributed by atoms with van der Waals surface area (Å²) in [7, 11) is 0. The van der Waals surface area contributed by atoms with E-state index in [2.05, 4.69) is 0 Å². The fourth-order valence-corrected chi connectivity index (χ4v) is 6.21. The molecule has 0 aromatic heterocycles. The number of fused-ring (bicyclic) bond motifs is 3. The van der Waals surface area contributed by atoms with Crippen molar-refractivity contribution < 1.29 is 41.0 Å². The van der Waals surface area contributed by atoms with Gasteiger partial charge in [0, 0.05) is 24.4 Å². The lowest BCUT2D eigenvalue weighted by Gasteiger charge is -2.55. The van der Waals surface area contributed by atoms with Crippen LogP contribution in [0.25, 0.3) is 0 Å². The molecule has 4 nitrogen and oxygen atoms in total. The number of benzene rings is 3. The van der Waals surface area contributed by atoms with E-state index in [4.69, 9.17) is 4.74 Å². The lowest BCUT2D eigenvalue weighted by molar-refractivity contribution is -0.172. The first-order valence-corrected chi connectivity index (χ1v) is 12.9. The fraction of sp³-hybridized carbons (Fsp3) is 0.367. The summed E-state index contributed by atoms with van der Waals surface area (Å²) in [6, 6.07) is 20.1. The highest BCUT2D eigenvalue weighted by molar-refractivity contribution is 5.71. The monoisotopic (exact) mass is 563 g/mol. The maximum atomic E-state index is 13.5. The van der Waals surface area contributed by atoms with Crippen LogP contribution in [0.15, 0.2) is 78.9 Å². The Morgan fingerprint density at radius 1 is 0.875 bits per heavy atom. The van der Waals surface area contributed by atoms with Gasteiger partial charge in [-0.25, -0.2) is 0 Å². The minimum atomic E-state index is -4.98. The predicted molar refractivity (Wildman–Crippen MR) is 134 cm³/mol. The van der Waals surface area contributed by atoms with Gasteiger partial charge >= 0.3 is 18.3 Å². The quantitative estimate of drug-likeness (QED) is 0.320. The number of aliphatic carboxylic acids is 1. The molecule has 40 heavy (non-hydrogen) atoms. The van der Waals surface area contributed by atoms with E-state index in [9.17, 15) is 36.2 Å². The Labute approximate surface area is 227 Å². The molecule has 3 saturated heterocycles. The zero-order valence-corrected chi connectivity index (χ0v) is 21.2. The number of alkyl halides is 6. The molecule has 2 bridgehead atoms. The number of nitrogens with zero attached hydrogens (tertiary/aromatic N) is 1. The maximum Gasteiger partial charge on any atom is 0.416 e. The van der Waals surface area contributed by atoms with Crippen LogP contribution >= 0.6 is 0 Å². The number of rotatable bonds is 7. The van der Waals surface area contributed by atoms with E-state index in [0.717, 1.165) is 11.1 Å². The molecule has 3 heterocycles. The molecule has 3 aliphatic heterocycles.